The van der Waals surface area contributed by atoms with Crippen molar-refractivity contribution in [1.29, 1.82) is 0 Å². The van der Waals surface area contributed by atoms with Crippen molar-refractivity contribution >= 4 is 23.9 Å². The molecule has 2 aliphatic heterocycles. The number of carbonyl (C=O) groups is 4. The molecule has 3 unspecified atom stereocenters. The van der Waals surface area contributed by atoms with E-state index in [2.05, 4.69) is 16.4 Å². The summed E-state index contributed by atoms with van der Waals surface area (Å²) >= 11 is 0. The number of hydrogen-bond donors (Lipinski definition) is 0. The van der Waals surface area contributed by atoms with Crippen molar-refractivity contribution in [2.75, 3.05) is 0 Å². The van der Waals surface area contributed by atoms with Crippen LogP contribution in [0.2, 0.25) is 0 Å². The molecule has 1 aliphatic carbocycles. The summed E-state index contributed by atoms with van der Waals surface area (Å²) in [6, 6.07) is 0. The van der Waals surface area contributed by atoms with E-state index in [1.165, 1.54) is 51.4 Å². The number of ether oxygens (including phenoxy) is 2. The second-order valence-corrected chi connectivity index (χ2v) is 8.19. The Balaban J connectivity index is 0.000000244. The number of rotatable bonds is 10. The minimum Gasteiger partial charge on any atom is -0.393 e. The lowest BCUT2D eigenvalue weighted by Crippen LogP contribution is -2.18. The molecule has 166 valence electrons. The van der Waals surface area contributed by atoms with Crippen molar-refractivity contribution in [3.63, 3.8) is 0 Å². The van der Waals surface area contributed by atoms with Gasteiger partial charge in [0.2, 0.25) is 0 Å². The number of hydrogen-bond acceptors (Lipinski definition) is 6. The summed E-state index contributed by atoms with van der Waals surface area (Å²) in [5, 5.41) is 0. The maximum absolute atomic E-state index is 11.2. The minimum absolute atomic E-state index is 0.188. The molecule has 2 fully saturated rings. The molecule has 0 aromatic heterocycles. The highest BCUT2D eigenvalue weighted by Crippen LogP contribution is 2.32. The molecule has 0 radical (unpaired) electrons. The summed E-state index contributed by atoms with van der Waals surface area (Å²) in [6.07, 6.45) is 20.7. The summed E-state index contributed by atoms with van der Waals surface area (Å²) in [6.45, 7) is 2.24. The van der Waals surface area contributed by atoms with Gasteiger partial charge in [-0.2, -0.15) is 0 Å². The zero-order valence-corrected chi connectivity index (χ0v) is 18.0. The zero-order valence-electron chi connectivity index (χ0n) is 18.0. The monoisotopic (exact) mass is 418 g/mol. The molecule has 0 amide bonds. The first-order valence-electron chi connectivity index (χ1n) is 11.3. The van der Waals surface area contributed by atoms with Gasteiger partial charge >= 0.3 is 23.9 Å². The largest absolute Gasteiger partial charge is 0.393 e. The van der Waals surface area contributed by atoms with Gasteiger partial charge in [-0.25, -0.2) is 0 Å². The van der Waals surface area contributed by atoms with Gasteiger partial charge in [0.05, 0.1) is 24.2 Å². The molecule has 0 saturated carbocycles. The maximum atomic E-state index is 11.2. The van der Waals surface area contributed by atoms with Crippen LogP contribution in [0.1, 0.15) is 84.0 Å². The molecule has 0 aromatic rings. The number of fused-ring (bicyclic) bond motifs is 1. The van der Waals surface area contributed by atoms with Crippen molar-refractivity contribution in [2.45, 2.75) is 84.0 Å². The fourth-order valence-electron chi connectivity index (χ4n) is 3.88. The Morgan fingerprint density at radius 2 is 1.37 bits per heavy atom. The first-order valence-corrected chi connectivity index (χ1v) is 11.3. The Morgan fingerprint density at radius 3 is 1.90 bits per heavy atom. The second kappa shape index (κ2) is 13.1. The lowest BCUT2D eigenvalue weighted by molar-refractivity contribution is -0.155. The van der Waals surface area contributed by atoms with E-state index in [9.17, 15) is 19.2 Å². The molecule has 6 heteroatoms. The Hall–Kier alpha value is -2.24. The molecule has 30 heavy (non-hydrogen) atoms. The third kappa shape index (κ3) is 7.88. The van der Waals surface area contributed by atoms with Crippen LogP contribution in [0.3, 0.4) is 0 Å². The maximum Gasteiger partial charge on any atom is 0.321 e. The van der Waals surface area contributed by atoms with Gasteiger partial charge in [-0.05, 0) is 25.7 Å². The van der Waals surface area contributed by atoms with Crippen molar-refractivity contribution < 1.29 is 28.7 Å². The standard InChI is InChI=1S/C16H26O3.C8H8O3/c1-2-3-4-5-6-7-8-9-10-11-12-14-13-15(17)19-16(14)18;9-7-5-3-1-2-4-6(5)8(10)11-7/h11-12,14H,2-10,13H2,1H3;1-2,5-6H,3-4H2/b12-11+;. The van der Waals surface area contributed by atoms with Crippen molar-refractivity contribution in [3.8, 4) is 0 Å². The molecule has 0 spiro atoms. The molecule has 3 aliphatic rings. The van der Waals surface area contributed by atoms with Crippen molar-refractivity contribution in [3.05, 3.63) is 24.3 Å². The van der Waals surface area contributed by atoms with Crippen molar-refractivity contribution in [1.82, 2.24) is 0 Å². The van der Waals surface area contributed by atoms with Gasteiger partial charge in [0.1, 0.15) is 0 Å². The van der Waals surface area contributed by atoms with Crippen LogP contribution in [-0.4, -0.2) is 23.9 Å². The lowest BCUT2D eigenvalue weighted by atomic mass is 9.85. The van der Waals surface area contributed by atoms with E-state index in [-0.39, 0.29) is 36.1 Å². The third-order valence-corrected chi connectivity index (χ3v) is 5.74. The van der Waals surface area contributed by atoms with Gasteiger partial charge in [-0.1, -0.05) is 76.2 Å². The number of unbranched alkanes of at least 4 members (excludes halogenated alkanes) is 8. The number of esters is 4. The summed E-state index contributed by atoms with van der Waals surface area (Å²) < 4.78 is 8.98. The lowest BCUT2D eigenvalue weighted by Gasteiger charge is -2.12. The summed E-state index contributed by atoms with van der Waals surface area (Å²) in [7, 11) is 0. The molecule has 0 bridgehead atoms. The molecule has 2 saturated heterocycles. The topological polar surface area (TPSA) is 86.7 Å². The van der Waals surface area contributed by atoms with Gasteiger partial charge in [0.25, 0.3) is 0 Å². The molecule has 3 rings (SSSR count). The highest BCUT2D eigenvalue weighted by atomic mass is 16.6. The Kier molecular flexibility index (Phi) is 10.5. The van der Waals surface area contributed by atoms with E-state index in [4.69, 9.17) is 0 Å². The van der Waals surface area contributed by atoms with E-state index < -0.39 is 11.9 Å². The Morgan fingerprint density at radius 1 is 0.800 bits per heavy atom. The summed E-state index contributed by atoms with van der Waals surface area (Å²) in [5.74, 6) is -2.18. The van der Waals surface area contributed by atoms with Crippen LogP contribution in [0.5, 0.6) is 0 Å². The Bertz CT molecular complexity index is 639. The van der Waals surface area contributed by atoms with Crippen LogP contribution in [0.4, 0.5) is 0 Å². The van der Waals surface area contributed by atoms with Crippen LogP contribution < -0.4 is 0 Å². The van der Waals surface area contributed by atoms with E-state index in [1.807, 2.05) is 24.3 Å². The molecule has 0 N–H and O–H groups in total. The zero-order chi connectivity index (χ0) is 21.8. The quantitative estimate of drug-likeness (QED) is 0.219. The van der Waals surface area contributed by atoms with Crippen molar-refractivity contribution in [2.24, 2.45) is 17.8 Å². The van der Waals surface area contributed by atoms with E-state index in [0.717, 1.165) is 6.42 Å². The predicted molar refractivity (Wildman–Crippen MR) is 112 cm³/mol. The highest BCUT2D eigenvalue weighted by molar-refractivity contribution is 5.97. The summed E-state index contributed by atoms with van der Waals surface area (Å²) in [5.41, 5.74) is 0. The van der Waals surface area contributed by atoms with Crippen LogP contribution in [-0.2, 0) is 28.7 Å². The van der Waals surface area contributed by atoms with Crippen LogP contribution in [0.15, 0.2) is 24.3 Å². The molecule has 0 aromatic carbocycles. The molecule has 6 nitrogen and oxygen atoms in total. The number of carbonyl (C=O) groups excluding carboxylic acids is 4. The molecule has 3 atom stereocenters. The average Bonchev–Trinajstić information content (AvgIpc) is 3.21. The van der Waals surface area contributed by atoms with Gasteiger partial charge in [-0.3, -0.25) is 19.2 Å². The first-order chi connectivity index (χ1) is 14.5. The number of cyclic esters (lactones) is 4. The van der Waals surface area contributed by atoms with E-state index in [0.29, 0.717) is 12.8 Å². The van der Waals surface area contributed by atoms with Crippen LogP contribution in [0, 0.1) is 17.8 Å². The van der Waals surface area contributed by atoms with Gasteiger partial charge in [0, 0.05) is 0 Å². The van der Waals surface area contributed by atoms with Gasteiger partial charge in [0.15, 0.2) is 0 Å². The molecular weight excluding hydrogens is 384 g/mol. The first kappa shape index (κ1) is 24.0. The Labute approximate surface area is 179 Å². The minimum atomic E-state index is -0.397. The normalized spacial score (nSPS) is 25.2. The smallest absolute Gasteiger partial charge is 0.321 e. The fourth-order valence-corrected chi connectivity index (χ4v) is 3.88. The molecular formula is C24H34O6. The predicted octanol–water partition coefficient (Wildman–Crippen LogP) is 4.82. The second-order valence-electron chi connectivity index (χ2n) is 8.19. The third-order valence-electron chi connectivity index (χ3n) is 5.74. The fraction of sp³-hybridized carbons (Fsp3) is 0.667. The SMILES string of the molecule is CCCCCCCCCC/C=C/C1CC(=O)OC1=O.O=C1OC(=O)C2CC=CCC12. The highest BCUT2D eigenvalue weighted by Gasteiger charge is 2.43. The van der Waals surface area contributed by atoms with Gasteiger partial charge < -0.3 is 9.47 Å². The average molecular weight is 419 g/mol. The number of allylic oxidation sites excluding steroid dienone is 3. The van der Waals surface area contributed by atoms with Crippen LogP contribution in [0.25, 0.3) is 0 Å². The van der Waals surface area contributed by atoms with Crippen LogP contribution >= 0.6 is 0 Å². The summed E-state index contributed by atoms with van der Waals surface area (Å²) in [4.78, 5) is 43.9. The van der Waals surface area contributed by atoms with Gasteiger partial charge in [-0.15, -0.1) is 0 Å². The van der Waals surface area contributed by atoms with E-state index in [1.54, 1.807) is 0 Å². The van der Waals surface area contributed by atoms with E-state index >= 15 is 0 Å². The molecule has 2 heterocycles.